The van der Waals surface area contributed by atoms with Gasteiger partial charge in [-0.3, -0.25) is 4.79 Å². The number of ether oxygens (including phenoxy) is 2. The number of carbonyl (C=O) groups excluding carboxylic acids is 2. The molecular weight excluding hydrogens is 362 g/mol. The first kappa shape index (κ1) is 17.3. The Morgan fingerprint density at radius 3 is 2.60 bits per heavy atom. The van der Waals surface area contributed by atoms with Crippen LogP contribution in [0.3, 0.4) is 0 Å². The van der Waals surface area contributed by atoms with Gasteiger partial charge in [-0.25, -0.2) is 4.79 Å². The molecule has 0 bridgehead atoms. The molecule has 1 amide bonds. The van der Waals surface area contributed by atoms with E-state index in [2.05, 4.69) is 5.32 Å². The first-order chi connectivity index (χ1) is 12.0. The average Bonchev–Trinajstić information content (AvgIpc) is 2.97. The number of hydrogen-bond donors (Lipinski definition) is 1. The van der Waals surface area contributed by atoms with Crippen LogP contribution in [0.4, 0.5) is 5.69 Å². The van der Waals surface area contributed by atoms with E-state index in [-0.39, 0.29) is 11.5 Å². The first-order valence-electron chi connectivity index (χ1n) is 7.30. The Morgan fingerprint density at radius 1 is 1.12 bits per heavy atom. The lowest BCUT2D eigenvalue weighted by Crippen LogP contribution is -2.14. The molecule has 0 fully saturated rings. The smallest absolute Gasteiger partial charge is 0.339 e. The van der Waals surface area contributed by atoms with Crippen molar-refractivity contribution in [1.29, 1.82) is 0 Å². The Labute approximate surface area is 153 Å². The SMILES string of the molecule is COC(=O)c1ccccc1NC(=O)c1sc2cc(OC)ccc2c1Cl. The van der Waals surface area contributed by atoms with E-state index >= 15 is 0 Å². The second-order valence-corrected chi connectivity index (χ2v) is 6.53. The molecule has 0 unspecified atom stereocenters. The van der Waals surface area contributed by atoms with Crippen molar-refractivity contribution in [3.8, 4) is 5.75 Å². The van der Waals surface area contributed by atoms with Crippen molar-refractivity contribution in [1.82, 2.24) is 0 Å². The topological polar surface area (TPSA) is 64.6 Å². The van der Waals surface area contributed by atoms with Gasteiger partial charge in [-0.2, -0.15) is 0 Å². The van der Waals surface area contributed by atoms with Crippen molar-refractivity contribution in [2.45, 2.75) is 0 Å². The molecule has 0 aliphatic rings. The third-order valence-corrected chi connectivity index (χ3v) is 5.28. The van der Waals surface area contributed by atoms with Crippen LogP contribution in [0.25, 0.3) is 10.1 Å². The van der Waals surface area contributed by atoms with Gasteiger partial charge in [0, 0.05) is 10.1 Å². The van der Waals surface area contributed by atoms with E-state index < -0.39 is 5.97 Å². The molecule has 0 atom stereocenters. The van der Waals surface area contributed by atoms with E-state index in [1.54, 1.807) is 37.4 Å². The van der Waals surface area contributed by atoms with Gasteiger partial charge in [0.1, 0.15) is 10.6 Å². The zero-order valence-corrected chi connectivity index (χ0v) is 15.0. The number of hydrogen-bond acceptors (Lipinski definition) is 5. The van der Waals surface area contributed by atoms with E-state index in [4.69, 9.17) is 21.1 Å². The van der Waals surface area contributed by atoms with Crippen LogP contribution < -0.4 is 10.1 Å². The van der Waals surface area contributed by atoms with Crippen LogP contribution in [0, 0.1) is 0 Å². The minimum absolute atomic E-state index is 0.275. The van der Waals surface area contributed by atoms with Crippen molar-refractivity contribution in [2.75, 3.05) is 19.5 Å². The van der Waals surface area contributed by atoms with Crippen LogP contribution in [0.15, 0.2) is 42.5 Å². The summed E-state index contributed by atoms with van der Waals surface area (Å²) in [4.78, 5) is 24.8. The summed E-state index contributed by atoms with van der Waals surface area (Å²) in [5.74, 6) is -0.224. The van der Waals surface area contributed by atoms with Crippen LogP contribution in [0.5, 0.6) is 5.75 Å². The van der Waals surface area contributed by atoms with E-state index in [1.807, 2.05) is 12.1 Å². The number of amides is 1. The zero-order valence-electron chi connectivity index (χ0n) is 13.5. The van der Waals surface area contributed by atoms with Crippen molar-refractivity contribution in [3.05, 3.63) is 57.9 Å². The second kappa shape index (κ2) is 7.13. The monoisotopic (exact) mass is 375 g/mol. The molecule has 0 saturated heterocycles. The molecule has 2 aromatic carbocycles. The summed E-state index contributed by atoms with van der Waals surface area (Å²) in [7, 11) is 2.87. The number of thiophene rings is 1. The van der Waals surface area contributed by atoms with Gasteiger partial charge >= 0.3 is 5.97 Å². The maximum absolute atomic E-state index is 12.7. The van der Waals surface area contributed by atoms with Gasteiger partial charge in [-0.05, 0) is 30.3 Å². The fourth-order valence-corrected chi connectivity index (χ4v) is 3.82. The third-order valence-electron chi connectivity index (χ3n) is 3.62. The van der Waals surface area contributed by atoms with Crippen molar-refractivity contribution >= 4 is 50.6 Å². The molecule has 7 heteroatoms. The summed E-state index contributed by atoms with van der Waals surface area (Å²) in [6.45, 7) is 0. The predicted octanol–water partition coefficient (Wildman–Crippen LogP) is 4.60. The first-order valence-corrected chi connectivity index (χ1v) is 8.49. The minimum Gasteiger partial charge on any atom is -0.497 e. The number of carbonyl (C=O) groups is 2. The number of fused-ring (bicyclic) bond motifs is 1. The quantitative estimate of drug-likeness (QED) is 0.677. The normalized spacial score (nSPS) is 10.5. The highest BCUT2D eigenvalue weighted by Crippen LogP contribution is 2.37. The van der Waals surface area contributed by atoms with Gasteiger partial charge in [0.25, 0.3) is 5.91 Å². The number of rotatable bonds is 4. The van der Waals surface area contributed by atoms with Crippen molar-refractivity contribution < 1.29 is 19.1 Å². The fraction of sp³-hybridized carbons (Fsp3) is 0.111. The zero-order chi connectivity index (χ0) is 18.0. The summed E-state index contributed by atoms with van der Waals surface area (Å²) in [6, 6.07) is 12.1. The molecule has 0 radical (unpaired) electrons. The Bertz CT molecular complexity index is 967. The van der Waals surface area contributed by atoms with Gasteiger partial charge in [0.15, 0.2) is 0 Å². The summed E-state index contributed by atoms with van der Waals surface area (Å²) >= 11 is 7.62. The Balaban J connectivity index is 1.96. The van der Waals surface area contributed by atoms with Crippen LogP contribution in [0.2, 0.25) is 5.02 Å². The highest BCUT2D eigenvalue weighted by atomic mass is 35.5. The highest BCUT2D eigenvalue weighted by molar-refractivity contribution is 7.21. The van der Waals surface area contributed by atoms with Gasteiger partial charge < -0.3 is 14.8 Å². The molecule has 0 spiro atoms. The van der Waals surface area contributed by atoms with Gasteiger partial charge in [0.2, 0.25) is 0 Å². The molecule has 3 aromatic rings. The molecule has 0 aliphatic carbocycles. The van der Waals surface area contributed by atoms with Crippen molar-refractivity contribution in [2.24, 2.45) is 0 Å². The molecule has 5 nitrogen and oxygen atoms in total. The summed E-state index contributed by atoms with van der Waals surface area (Å²) in [5.41, 5.74) is 0.641. The van der Waals surface area contributed by atoms with Crippen LogP contribution in [-0.4, -0.2) is 26.1 Å². The standard InChI is InChI=1S/C18H14ClNO4S/c1-23-10-7-8-12-14(9-10)25-16(15(12)19)17(21)20-13-6-4-3-5-11(13)18(22)24-2/h3-9H,1-2H3,(H,20,21). The van der Waals surface area contributed by atoms with Gasteiger partial charge in [0.05, 0.1) is 30.5 Å². The number of benzene rings is 2. The maximum Gasteiger partial charge on any atom is 0.339 e. The lowest BCUT2D eigenvalue weighted by Gasteiger charge is -2.08. The molecule has 25 heavy (non-hydrogen) atoms. The highest BCUT2D eigenvalue weighted by Gasteiger charge is 2.20. The number of anilines is 1. The fourth-order valence-electron chi connectivity index (χ4n) is 2.38. The minimum atomic E-state index is -0.525. The van der Waals surface area contributed by atoms with Gasteiger partial charge in [-0.1, -0.05) is 23.7 Å². The molecule has 1 aromatic heterocycles. The molecule has 1 heterocycles. The maximum atomic E-state index is 12.7. The van der Waals surface area contributed by atoms with E-state index in [9.17, 15) is 9.59 Å². The van der Waals surface area contributed by atoms with Crippen LogP contribution in [0.1, 0.15) is 20.0 Å². The van der Waals surface area contributed by atoms with Crippen LogP contribution in [-0.2, 0) is 4.74 Å². The molecule has 0 aliphatic heterocycles. The van der Waals surface area contributed by atoms with Gasteiger partial charge in [-0.15, -0.1) is 11.3 Å². The van der Waals surface area contributed by atoms with E-state index in [1.165, 1.54) is 18.4 Å². The number of esters is 1. The Hall–Kier alpha value is -2.57. The molecular formula is C18H14ClNO4S. The predicted molar refractivity (Wildman–Crippen MR) is 99.1 cm³/mol. The number of methoxy groups -OCH3 is 2. The van der Waals surface area contributed by atoms with E-state index in [0.29, 0.717) is 21.3 Å². The van der Waals surface area contributed by atoms with E-state index in [0.717, 1.165) is 10.1 Å². The van der Waals surface area contributed by atoms with Crippen LogP contribution >= 0.6 is 22.9 Å². The molecule has 1 N–H and O–H groups in total. The molecule has 0 saturated carbocycles. The number of para-hydroxylation sites is 1. The molecule has 3 rings (SSSR count). The summed E-state index contributed by atoms with van der Waals surface area (Å²) < 4.78 is 10.8. The molecule has 128 valence electrons. The summed E-state index contributed by atoms with van der Waals surface area (Å²) in [5, 5.41) is 3.88. The lowest BCUT2D eigenvalue weighted by molar-refractivity contribution is 0.0602. The largest absolute Gasteiger partial charge is 0.497 e. The lowest BCUT2D eigenvalue weighted by atomic mass is 10.1. The Morgan fingerprint density at radius 2 is 1.88 bits per heavy atom. The second-order valence-electron chi connectivity index (χ2n) is 5.10. The number of halogens is 1. The summed E-state index contributed by atoms with van der Waals surface area (Å²) in [6.07, 6.45) is 0. The Kier molecular flexibility index (Phi) is 4.92. The average molecular weight is 376 g/mol. The number of nitrogens with one attached hydrogen (secondary N) is 1. The van der Waals surface area contributed by atoms with Crippen molar-refractivity contribution in [3.63, 3.8) is 0 Å². The third kappa shape index (κ3) is 3.31.